The van der Waals surface area contributed by atoms with Crippen LogP contribution in [0.5, 0.6) is 0 Å². The summed E-state index contributed by atoms with van der Waals surface area (Å²) < 4.78 is 0. The number of piperidine rings is 1. The van der Waals surface area contributed by atoms with Crippen LogP contribution < -0.4 is 10.9 Å². The Hall–Kier alpha value is -1.30. The molecule has 5 nitrogen and oxygen atoms in total. The third-order valence-electron chi connectivity index (χ3n) is 5.40. The lowest BCUT2D eigenvalue weighted by molar-refractivity contribution is 0.0806. The minimum Gasteiger partial charge on any atom is -0.303 e. The Morgan fingerprint density at radius 2 is 2.09 bits per heavy atom. The number of ketones is 1. The monoisotopic (exact) mass is 316 g/mol. The van der Waals surface area contributed by atoms with Gasteiger partial charge in [0.25, 0.3) is 0 Å². The molecule has 0 aliphatic carbocycles. The molecule has 2 N–H and O–H groups in total. The topological polar surface area (TPSA) is 57.3 Å². The molecule has 5 heteroatoms. The molecule has 1 aromatic heterocycles. The summed E-state index contributed by atoms with van der Waals surface area (Å²) in [5, 5.41) is 0. The number of pyridine rings is 1. The van der Waals surface area contributed by atoms with Crippen molar-refractivity contribution in [3.05, 3.63) is 30.1 Å². The van der Waals surface area contributed by atoms with Gasteiger partial charge in [0, 0.05) is 30.7 Å². The summed E-state index contributed by atoms with van der Waals surface area (Å²) in [5.41, 5.74) is 7.27. The average Bonchev–Trinajstić information content (AvgIpc) is 2.91. The summed E-state index contributed by atoms with van der Waals surface area (Å²) in [5.74, 6) is 0.969. The van der Waals surface area contributed by atoms with E-state index in [-0.39, 0.29) is 11.7 Å². The molecular weight excluding hydrogens is 288 g/mol. The molecule has 0 spiro atoms. The number of carbonyl (C=O) groups excluding carboxylic acids is 1. The van der Waals surface area contributed by atoms with Crippen molar-refractivity contribution >= 4 is 5.78 Å². The van der Waals surface area contributed by atoms with E-state index in [1.807, 2.05) is 18.2 Å². The molecule has 3 rings (SSSR count). The van der Waals surface area contributed by atoms with Crippen molar-refractivity contribution in [1.29, 1.82) is 0 Å². The van der Waals surface area contributed by atoms with Gasteiger partial charge in [-0.3, -0.25) is 20.6 Å². The fourth-order valence-corrected chi connectivity index (χ4v) is 3.93. The molecule has 2 saturated heterocycles. The molecule has 1 aromatic rings. The lowest BCUT2D eigenvalue weighted by Crippen LogP contribution is -2.40. The van der Waals surface area contributed by atoms with E-state index >= 15 is 0 Å². The molecule has 126 valence electrons. The first-order valence-corrected chi connectivity index (χ1v) is 8.84. The van der Waals surface area contributed by atoms with Crippen LogP contribution in [0.1, 0.15) is 43.6 Å². The van der Waals surface area contributed by atoms with Crippen molar-refractivity contribution in [1.82, 2.24) is 20.7 Å². The van der Waals surface area contributed by atoms with Crippen LogP contribution in [0.2, 0.25) is 0 Å². The van der Waals surface area contributed by atoms with Gasteiger partial charge in [0.15, 0.2) is 5.78 Å². The number of hydrogen-bond acceptors (Lipinski definition) is 5. The van der Waals surface area contributed by atoms with Crippen molar-refractivity contribution in [2.24, 2.45) is 11.8 Å². The lowest BCUT2D eigenvalue weighted by atomic mass is 9.90. The summed E-state index contributed by atoms with van der Waals surface area (Å²) in [6.07, 6.45) is 4.98. The van der Waals surface area contributed by atoms with Gasteiger partial charge in [-0.15, -0.1) is 0 Å². The number of nitrogens with zero attached hydrogens (tertiary/aromatic N) is 2. The second kappa shape index (κ2) is 7.51. The third kappa shape index (κ3) is 3.97. The Labute approximate surface area is 138 Å². The number of hydrogen-bond donors (Lipinski definition) is 2. The smallest absolute Gasteiger partial charge is 0.185 e. The van der Waals surface area contributed by atoms with E-state index in [0.717, 1.165) is 32.5 Å². The largest absolute Gasteiger partial charge is 0.303 e. The molecular formula is C18H28N4O. The average molecular weight is 316 g/mol. The highest BCUT2D eigenvalue weighted by atomic mass is 16.1. The summed E-state index contributed by atoms with van der Waals surface area (Å²) >= 11 is 0. The summed E-state index contributed by atoms with van der Waals surface area (Å²) in [4.78, 5) is 19.3. The first-order valence-electron chi connectivity index (χ1n) is 8.84. The minimum absolute atomic E-state index is 0.105. The predicted octanol–water partition coefficient (Wildman–Crippen LogP) is 1.87. The van der Waals surface area contributed by atoms with Gasteiger partial charge in [0.05, 0.1) is 0 Å². The highest BCUT2D eigenvalue weighted by molar-refractivity contribution is 5.96. The van der Waals surface area contributed by atoms with Crippen LogP contribution in [0, 0.1) is 11.8 Å². The maximum Gasteiger partial charge on any atom is 0.185 e. The first kappa shape index (κ1) is 16.6. The molecule has 3 unspecified atom stereocenters. The van der Waals surface area contributed by atoms with Crippen molar-refractivity contribution in [2.45, 2.75) is 45.2 Å². The maximum atomic E-state index is 12.6. The second-order valence-corrected chi connectivity index (χ2v) is 7.04. The highest BCUT2D eigenvalue weighted by Crippen LogP contribution is 2.23. The molecule has 0 amide bonds. The van der Waals surface area contributed by atoms with E-state index in [0.29, 0.717) is 23.7 Å². The molecule has 0 radical (unpaired) electrons. The van der Waals surface area contributed by atoms with Crippen LogP contribution in [-0.4, -0.2) is 47.4 Å². The van der Waals surface area contributed by atoms with E-state index in [1.165, 1.54) is 6.42 Å². The molecule has 0 aromatic carbocycles. The number of carbonyl (C=O) groups is 1. The quantitative estimate of drug-likeness (QED) is 0.812. The van der Waals surface area contributed by atoms with Gasteiger partial charge >= 0.3 is 0 Å². The van der Waals surface area contributed by atoms with Crippen LogP contribution >= 0.6 is 0 Å². The molecule has 2 fully saturated rings. The van der Waals surface area contributed by atoms with E-state index in [2.05, 4.69) is 34.6 Å². The number of hydrazine groups is 1. The molecule has 2 aliphatic rings. The zero-order valence-corrected chi connectivity index (χ0v) is 14.2. The van der Waals surface area contributed by atoms with Crippen LogP contribution in [-0.2, 0) is 0 Å². The van der Waals surface area contributed by atoms with E-state index in [9.17, 15) is 4.79 Å². The summed E-state index contributed by atoms with van der Waals surface area (Å²) in [6.45, 7) is 7.55. The van der Waals surface area contributed by atoms with Crippen molar-refractivity contribution in [2.75, 3.05) is 19.6 Å². The number of likely N-dealkylation sites (tertiary alicyclic amines) is 1. The molecule has 3 heterocycles. The van der Waals surface area contributed by atoms with E-state index in [1.54, 1.807) is 6.20 Å². The summed E-state index contributed by atoms with van der Waals surface area (Å²) in [6, 6.07) is 6.61. The Bertz CT molecular complexity index is 511. The fourth-order valence-electron chi connectivity index (χ4n) is 3.93. The summed E-state index contributed by atoms with van der Waals surface area (Å²) in [7, 11) is 0. The number of Topliss-reactive ketones (excluding diaryl/α,β-unsaturated/α-hetero) is 1. The Balaban J connectivity index is 1.53. The molecule has 3 atom stereocenters. The van der Waals surface area contributed by atoms with Crippen molar-refractivity contribution in [3.8, 4) is 0 Å². The second-order valence-electron chi connectivity index (χ2n) is 7.04. The van der Waals surface area contributed by atoms with Crippen LogP contribution in [0.25, 0.3) is 0 Å². The van der Waals surface area contributed by atoms with Crippen LogP contribution in [0.15, 0.2) is 24.4 Å². The molecule has 23 heavy (non-hydrogen) atoms. The molecule has 0 saturated carbocycles. The van der Waals surface area contributed by atoms with Crippen molar-refractivity contribution in [3.63, 3.8) is 0 Å². The highest BCUT2D eigenvalue weighted by Gasteiger charge is 2.31. The normalized spacial score (nSPS) is 32.1. The van der Waals surface area contributed by atoms with E-state index in [4.69, 9.17) is 0 Å². The van der Waals surface area contributed by atoms with Gasteiger partial charge in [-0.2, -0.15) is 0 Å². The van der Waals surface area contributed by atoms with Gasteiger partial charge < -0.3 is 4.90 Å². The molecule has 0 bridgehead atoms. The van der Waals surface area contributed by atoms with Crippen molar-refractivity contribution < 1.29 is 4.79 Å². The first-order chi connectivity index (χ1) is 11.1. The van der Waals surface area contributed by atoms with Gasteiger partial charge in [-0.05, 0) is 64.3 Å². The van der Waals surface area contributed by atoms with Gasteiger partial charge in [0.2, 0.25) is 0 Å². The predicted molar refractivity (Wildman–Crippen MR) is 91.0 cm³/mol. The van der Waals surface area contributed by atoms with Gasteiger partial charge in [-0.25, -0.2) is 0 Å². The number of aromatic nitrogens is 1. The zero-order chi connectivity index (χ0) is 16.2. The number of nitrogens with one attached hydrogen (secondary N) is 2. The standard InChI is InChI=1S/C18H28N4O/c1-13-16(14(2)21-20-13)8-11-22-10-5-6-15(12-22)18(23)17-7-3-4-9-19-17/h3-4,7,9,13-16,20-21H,5-6,8,10-12H2,1-2H3. The Kier molecular flexibility index (Phi) is 5.41. The third-order valence-corrected chi connectivity index (χ3v) is 5.40. The molecule has 2 aliphatic heterocycles. The fraction of sp³-hybridized carbons (Fsp3) is 0.667. The Morgan fingerprint density at radius 1 is 1.30 bits per heavy atom. The van der Waals surface area contributed by atoms with Gasteiger partial charge in [0.1, 0.15) is 5.69 Å². The van der Waals surface area contributed by atoms with Crippen LogP contribution in [0.4, 0.5) is 0 Å². The maximum absolute atomic E-state index is 12.6. The Morgan fingerprint density at radius 3 is 2.78 bits per heavy atom. The van der Waals surface area contributed by atoms with Crippen LogP contribution in [0.3, 0.4) is 0 Å². The van der Waals surface area contributed by atoms with E-state index < -0.39 is 0 Å². The lowest BCUT2D eigenvalue weighted by Gasteiger charge is -2.33. The minimum atomic E-state index is 0.105. The number of rotatable bonds is 5. The zero-order valence-electron chi connectivity index (χ0n) is 14.2. The van der Waals surface area contributed by atoms with Gasteiger partial charge in [-0.1, -0.05) is 6.07 Å². The SMILES string of the molecule is CC1NNC(C)C1CCN1CCCC(C(=O)c2ccccn2)C1.